The summed E-state index contributed by atoms with van der Waals surface area (Å²) in [5, 5.41) is 0. The lowest BCUT2D eigenvalue weighted by molar-refractivity contribution is 0.0288. The molecule has 0 bridgehead atoms. The van der Waals surface area contributed by atoms with Crippen LogP contribution in [0.25, 0.3) is 4.85 Å². The van der Waals surface area contributed by atoms with Crippen molar-refractivity contribution in [3.63, 3.8) is 0 Å². The summed E-state index contributed by atoms with van der Waals surface area (Å²) in [4.78, 5) is 13.9. The van der Waals surface area contributed by atoms with Crippen LogP contribution in [-0.4, -0.2) is 31.2 Å². The summed E-state index contributed by atoms with van der Waals surface area (Å²) < 4.78 is 19.4. The van der Waals surface area contributed by atoms with Gasteiger partial charge in [0.1, 0.15) is 6.61 Å². The molecule has 2 saturated heterocycles. The van der Waals surface area contributed by atoms with Crippen molar-refractivity contribution in [3.05, 3.63) is 23.9 Å². The molecule has 3 unspecified atom stereocenters. The van der Waals surface area contributed by atoms with Crippen molar-refractivity contribution in [2.24, 2.45) is 0 Å². The Balaban J connectivity index is 2.07. The lowest BCUT2D eigenvalue weighted by Crippen LogP contribution is -2.34. The third-order valence-electron chi connectivity index (χ3n) is 1.92. The fourth-order valence-electron chi connectivity index (χ4n) is 1.30. The van der Waals surface area contributed by atoms with Gasteiger partial charge < -0.3 is 18.9 Å². The molecule has 0 amide bonds. The van der Waals surface area contributed by atoms with E-state index in [0.717, 1.165) is 0 Å². The summed E-state index contributed by atoms with van der Waals surface area (Å²) in [6.45, 7) is 10.4. The number of nitrogens with zero attached hydrogens (tertiary/aromatic N) is 1. The Labute approximate surface area is 79.8 Å². The highest BCUT2D eigenvalue weighted by molar-refractivity contribution is 5.63. The summed E-state index contributed by atoms with van der Waals surface area (Å²) in [7, 11) is 0. The van der Waals surface area contributed by atoms with Crippen LogP contribution < -0.4 is 0 Å². The number of hydrogen-bond acceptors (Lipinski definition) is 5. The van der Waals surface area contributed by atoms with Gasteiger partial charge >= 0.3 is 12.4 Å². The molecule has 0 aromatic heterocycles. The smallest absolute Gasteiger partial charge is 0.462 e. The van der Waals surface area contributed by atoms with Gasteiger partial charge in [-0.05, 0) is 6.58 Å². The van der Waals surface area contributed by atoms with Crippen molar-refractivity contribution >= 4 is 6.16 Å². The first kappa shape index (κ1) is 8.69. The first-order chi connectivity index (χ1) is 6.70. The molecule has 0 N–H and O–H groups in total. The van der Waals surface area contributed by atoms with Gasteiger partial charge in [-0.1, -0.05) is 0 Å². The van der Waals surface area contributed by atoms with Gasteiger partial charge in [-0.2, -0.15) is 0 Å². The van der Waals surface area contributed by atoms with E-state index in [-0.39, 0.29) is 12.6 Å². The fraction of sp³-hybridized carbons (Fsp3) is 0.500. The zero-order valence-corrected chi connectivity index (χ0v) is 7.13. The molecule has 3 atom stereocenters. The third-order valence-corrected chi connectivity index (χ3v) is 1.92. The van der Waals surface area contributed by atoms with Gasteiger partial charge in [-0.3, -0.25) is 4.85 Å². The molecule has 0 spiro atoms. The molecule has 2 aliphatic rings. The first-order valence-electron chi connectivity index (χ1n) is 3.93. The molecule has 6 heteroatoms. The van der Waals surface area contributed by atoms with Gasteiger partial charge in [0.15, 0.2) is 6.10 Å². The first-order valence-corrected chi connectivity index (χ1v) is 3.93. The Morgan fingerprint density at radius 3 is 2.79 bits per heavy atom. The molecule has 14 heavy (non-hydrogen) atoms. The van der Waals surface area contributed by atoms with E-state index in [0.29, 0.717) is 0 Å². The van der Waals surface area contributed by atoms with Crippen LogP contribution in [0.3, 0.4) is 0 Å². The quantitative estimate of drug-likeness (QED) is 0.456. The molecular weight excluding hydrogens is 190 g/mol. The maximum atomic E-state index is 10.8. The molecule has 0 radical (unpaired) electrons. The van der Waals surface area contributed by atoms with Crippen LogP contribution in [0.2, 0.25) is 0 Å². The second-order valence-corrected chi connectivity index (χ2v) is 2.81. The van der Waals surface area contributed by atoms with Gasteiger partial charge in [0, 0.05) is 0 Å². The van der Waals surface area contributed by atoms with Gasteiger partial charge in [0.25, 0.3) is 12.0 Å². The molecule has 6 nitrogen and oxygen atoms in total. The number of ether oxygens (including phenoxy) is 4. The Morgan fingerprint density at radius 2 is 2.21 bits per heavy atom. The second-order valence-electron chi connectivity index (χ2n) is 2.81. The molecule has 0 aromatic rings. The van der Waals surface area contributed by atoms with Crippen LogP contribution in [0.1, 0.15) is 0 Å². The summed E-state index contributed by atoms with van der Waals surface area (Å²) in [6, 6.07) is 0. The predicted molar refractivity (Wildman–Crippen MR) is 41.7 cm³/mol. The Hall–Kier alpha value is -1.90. The normalized spacial score (nSPS) is 35.2. The fourth-order valence-corrected chi connectivity index (χ4v) is 1.30. The van der Waals surface area contributed by atoms with Crippen LogP contribution in [0, 0.1) is 6.57 Å². The summed E-state index contributed by atoms with van der Waals surface area (Å²) in [5.74, 6) is 0.168. The largest absolute Gasteiger partial charge is 0.515 e. The van der Waals surface area contributed by atoms with Crippen molar-refractivity contribution in [2.75, 3.05) is 6.61 Å². The van der Waals surface area contributed by atoms with Crippen molar-refractivity contribution < 1.29 is 23.7 Å². The Morgan fingerprint density at radius 1 is 1.43 bits per heavy atom. The standard InChI is InChI=1S/C8H7NO5/c1-4-11-3-5(12-4)6-7(9-2)14-8(10)13-6/h5-7H,1,3H2. The number of cyclic esters (lactones) is 2. The molecule has 0 aliphatic carbocycles. The Bertz CT molecular complexity index is 320. The minimum absolute atomic E-state index is 0.168. The average Bonchev–Trinajstić information content (AvgIpc) is 2.71. The zero-order chi connectivity index (χ0) is 10.1. The highest BCUT2D eigenvalue weighted by atomic mass is 16.8. The van der Waals surface area contributed by atoms with E-state index in [1.165, 1.54) is 0 Å². The number of rotatable bonds is 1. The molecule has 2 heterocycles. The van der Waals surface area contributed by atoms with Gasteiger partial charge in [0.05, 0.1) is 0 Å². The number of hydrogen-bond donors (Lipinski definition) is 0. The number of carbonyl (C=O) groups excluding carboxylic acids is 1. The van der Waals surface area contributed by atoms with E-state index in [9.17, 15) is 4.79 Å². The van der Waals surface area contributed by atoms with Crippen LogP contribution in [0.15, 0.2) is 12.5 Å². The van der Waals surface area contributed by atoms with Gasteiger partial charge in [-0.25, -0.2) is 11.4 Å². The van der Waals surface area contributed by atoms with Crippen LogP contribution >= 0.6 is 0 Å². The van der Waals surface area contributed by atoms with Crippen molar-refractivity contribution in [2.45, 2.75) is 18.4 Å². The van der Waals surface area contributed by atoms with E-state index < -0.39 is 24.6 Å². The topological polar surface area (TPSA) is 58.4 Å². The van der Waals surface area contributed by atoms with E-state index >= 15 is 0 Å². The van der Waals surface area contributed by atoms with Crippen molar-refractivity contribution in [1.29, 1.82) is 0 Å². The van der Waals surface area contributed by atoms with Gasteiger partial charge in [-0.15, -0.1) is 0 Å². The van der Waals surface area contributed by atoms with E-state index in [1.807, 2.05) is 0 Å². The second kappa shape index (κ2) is 3.10. The highest BCUT2D eigenvalue weighted by Gasteiger charge is 2.50. The molecule has 0 aromatic carbocycles. The molecule has 2 rings (SSSR count). The zero-order valence-electron chi connectivity index (χ0n) is 7.13. The Kier molecular flexibility index (Phi) is 1.93. The molecule has 0 saturated carbocycles. The van der Waals surface area contributed by atoms with Crippen LogP contribution in [0.4, 0.5) is 4.79 Å². The SMILES string of the molecule is [C-]#[N+]C1OC(=O)OC1C1COC(=C)O1. The molecular formula is C8H7NO5. The summed E-state index contributed by atoms with van der Waals surface area (Å²) >= 11 is 0. The third kappa shape index (κ3) is 1.33. The maximum Gasteiger partial charge on any atom is 0.515 e. The predicted octanol–water partition coefficient (Wildman–Crippen LogP) is 0.654. The number of carbonyl (C=O) groups is 1. The summed E-state index contributed by atoms with van der Waals surface area (Å²) in [6.07, 6.45) is -3.05. The lowest BCUT2D eigenvalue weighted by Gasteiger charge is -2.11. The van der Waals surface area contributed by atoms with E-state index in [2.05, 4.69) is 16.2 Å². The van der Waals surface area contributed by atoms with E-state index in [1.54, 1.807) is 0 Å². The van der Waals surface area contributed by atoms with E-state index in [4.69, 9.17) is 20.8 Å². The van der Waals surface area contributed by atoms with Crippen molar-refractivity contribution in [3.8, 4) is 0 Å². The monoisotopic (exact) mass is 197 g/mol. The minimum atomic E-state index is -0.956. The molecule has 2 aliphatic heterocycles. The minimum Gasteiger partial charge on any atom is -0.462 e. The van der Waals surface area contributed by atoms with Crippen LogP contribution in [-0.2, 0) is 18.9 Å². The average molecular weight is 197 g/mol. The van der Waals surface area contributed by atoms with Gasteiger partial charge in [0.2, 0.25) is 0 Å². The highest BCUT2D eigenvalue weighted by Crippen LogP contribution is 2.26. The van der Waals surface area contributed by atoms with Crippen LogP contribution in [0.5, 0.6) is 0 Å². The lowest BCUT2D eigenvalue weighted by atomic mass is 10.2. The molecule has 74 valence electrons. The van der Waals surface area contributed by atoms with Crippen molar-refractivity contribution in [1.82, 2.24) is 0 Å². The maximum absolute atomic E-state index is 10.8. The molecule has 2 fully saturated rings. The summed E-state index contributed by atoms with van der Waals surface area (Å²) in [5.41, 5.74) is 0.